The van der Waals surface area contributed by atoms with Crippen molar-refractivity contribution in [3.8, 4) is 0 Å². The largest absolute Gasteiger partial charge is 0.308 e. The lowest BCUT2D eigenvalue weighted by Crippen LogP contribution is -2.20. The van der Waals surface area contributed by atoms with Gasteiger partial charge in [-0.1, -0.05) is 17.8 Å². The maximum Gasteiger partial charge on any atom is 0.210 e. The molecule has 0 radical (unpaired) electrons. The van der Waals surface area contributed by atoms with E-state index in [1.165, 1.54) is 11.8 Å². The van der Waals surface area contributed by atoms with Crippen molar-refractivity contribution in [3.05, 3.63) is 24.4 Å². The Morgan fingerprint density at radius 2 is 2.27 bits per heavy atom. The lowest BCUT2D eigenvalue weighted by Gasteiger charge is -2.11. The van der Waals surface area contributed by atoms with Crippen LogP contribution in [0.15, 0.2) is 34.6 Å². The molecule has 0 bridgehead atoms. The minimum absolute atomic E-state index is 0.212. The SMILES string of the molecule is CN(C)CCn1nnnc1SC(C=O)CSc1ccccn1. The van der Waals surface area contributed by atoms with Crippen molar-refractivity contribution >= 4 is 29.8 Å². The number of nitrogens with zero attached hydrogens (tertiary/aromatic N) is 6. The molecule has 0 aliphatic carbocycles. The topological polar surface area (TPSA) is 76.8 Å². The summed E-state index contributed by atoms with van der Waals surface area (Å²) in [5, 5.41) is 13.0. The molecule has 22 heavy (non-hydrogen) atoms. The predicted octanol–water partition coefficient (Wildman–Crippen LogP) is 1.08. The maximum atomic E-state index is 11.3. The van der Waals surface area contributed by atoms with Crippen molar-refractivity contribution in [1.82, 2.24) is 30.1 Å². The van der Waals surface area contributed by atoms with Crippen LogP contribution in [0.5, 0.6) is 0 Å². The number of aromatic nitrogens is 5. The first kappa shape index (κ1) is 16.9. The number of aldehydes is 1. The standard InChI is InChI=1S/C13H18N6OS2/c1-18(2)7-8-19-13(15-16-17-19)22-11(9-20)10-21-12-5-3-4-6-14-12/h3-6,9,11H,7-8,10H2,1-2H3. The minimum atomic E-state index is -0.212. The number of pyridine rings is 1. The highest BCUT2D eigenvalue weighted by Crippen LogP contribution is 2.25. The van der Waals surface area contributed by atoms with Gasteiger partial charge in [-0.25, -0.2) is 9.67 Å². The fraction of sp³-hybridized carbons (Fsp3) is 0.462. The van der Waals surface area contributed by atoms with Crippen molar-refractivity contribution in [2.75, 3.05) is 26.4 Å². The Morgan fingerprint density at radius 3 is 2.95 bits per heavy atom. The van der Waals surface area contributed by atoms with Crippen LogP contribution in [-0.2, 0) is 11.3 Å². The van der Waals surface area contributed by atoms with Gasteiger partial charge in [0.05, 0.1) is 16.8 Å². The lowest BCUT2D eigenvalue weighted by molar-refractivity contribution is -0.107. The third-order valence-electron chi connectivity index (χ3n) is 2.70. The van der Waals surface area contributed by atoms with Crippen LogP contribution >= 0.6 is 23.5 Å². The second-order valence-electron chi connectivity index (χ2n) is 4.76. The van der Waals surface area contributed by atoms with Gasteiger partial charge in [-0.3, -0.25) is 0 Å². The van der Waals surface area contributed by atoms with Gasteiger partial charge in [0.25, 0.3) is 0 Å². The van der Waals surface area contributed by atoms with Gasteiger partial charge in [-0.05, 0) is 36.7 Å². The Bertz CT molecular complexity index is 577. The Balaban J connectivity index is 1.90. The molecule has 1 unspecified atom stereocenters. The highest BCUT2D eigenvalue weighted by atomic mass is 32.2. The molecule has 2 heterocycles. The first-order chi connectivity index (χ1) is 10.7. The van der Waals surface area contributed by atoms with Gasteiger partial charge in [0.1, 0.15) is 6.29 Å². The Kier molecular flexibility index (Phi) is 6.81. The molecular formula is C13H18N6OS2. The van der Waals surface area contributed by atoms with E-state index in [1.807, 2.05) is 32.3 Å². The van der Waals surface area contributed by atoms with E-state index in [1.54, 1.807) is 22.6 Å². The summed E-state index contributed by atoms with van der Waals surface area (Å²) >= 11 is 2.93. The van der Waals surface area contributed by atoms with Crippen molar-refractivity contribution in [3.63, 3.8) is 0 Å². The molecule has 0 fully saturated rings. The lowest BCUT2D eigenvalue weighted by atomic mass is 10.5. The molecule has 2 aromatic heterocycles. The van der Waals surface area contributed by atoms with E-state index in [2.05, 4.69) is 25.4 Å². The first-order valence-corrected chi connectivity index (χ1v) is 8.62. The summed E-state index contributed by atoms with van der Waals surface area (Å²) in [5.74, 6) is 0.631. The summed E-state index contributed by atoms with van der Waals surface area (Å²) in [5.41, 5.74) is 0. The van der Waals surface area contributed by atoms with E-state index in [4.69, 9.17) is 0 Å². The van der Waals surface area contributed by atoms with Crippen LogP contribution in [-0.4, -0.2) is 68.0 Å². The summed E-state index contributed by atoms with van der Waals surface area (Å²) < 4.78 is 1.73. The fourth-order valence-electron chi connectivity index (χ4n) is 1.55. The zero-order chi connectivity index (χ0) is 15.8. The number of carbonyl (C=O) groups is 1. The van der Waals surface area contributed by atoms with E-state index >= 15 is 0 Å². The number of rotatable bonds is 9. The van der Waals surface area contributed by atoms with Crippen molar-refractivity contribution in [2.45, 2.75) is 22.0 Å². The number of carbonyl (C=O) groups excluding carboxylic acids is 1. The molecule has 1 atom stereocenters. The molecule has 7 nitrogen and oxygen atoms in total. The van der Waals surface area contributed by atoms with E-state index in [0.717, 1.165) is 17.9 Å². The monoisotopic (exact) mass is 338 g/mol. The van der Waals surface area contributed by atoms with Crippen molar-refractivity contribution in [1.29, 1.82) is 0 Å². The molecule has 0 aliphatic heterocycles. The summed E-state index contributed by atoms with van der Waals surface area (Å²) in [6.07, 6.45) is 2.68. The molecule has 2 rings (SSSR count). The second kappa shape index (κ2) is 8.86. The highest BCUT2D eigenvalue weighted by molar-refractivity contribution is 8.03. The quantitative estimate of drug-likeness (QED) is 0.497. The first-order valence-electron chi connectivity index (χ1n) is 6.75. The summed E-state index contributed by atoms with van der Waals surface area (Å²) in [7, 11) is 3.99. The molecule has 0 saturated carbocycles. The van der Waals surface area contributed by atoms with Crippen LogP contribution in [0, 0.1) is 0 Å². The number of hydrogen-bond acceptors (Lipinski definition) is 8. The highest BCUT2D eigenvalue weighted by Gasteiger charge is 2.16. The van der Waals surface area contributed by atoms with E-state index in [0.29, 0.717) is 17.5 Å². The molecule has 2 aromatic rings. The third kappa shape index (κ3) is 5.39. The molecule has 0 saturated heterocycles. The number of thioether (sulfide) groups is 2. The smallest absolute Gasteiger partial charge is 0.210 e. The number of tetrazole rings is 1. The van der Waals surface area contributed by atoms with Gasteiger partial charge >= 0.3 is 0 Å². The van der Waals surface area contributed by atoms with Gasteiger partial charge in [0.15, 0.2) is 0 Å². The molecule has 0 aromatic carbocycles. The van der Waals surface area contributed by atoms with Crippen LogP contribution in [0.25, 0.3) is 0 Å². The molecule has 118 valence electrons. The Morgan fingerprint density at radius 1 is 1.41 bits per heavy atom. The van der Waals surface area contributed by atoms with Crippen molar-refractivity contribution in [2.24, 2.45) is 0 Å². The Hall–Kier alpha value is -1.45. The zero-order valence-corrected chi connectivity index (χ0v) is 14.1. The fourth-order valence-corrected chi connectivity index (χ4v) is 3.41. The summed E-state index contributed by atoms with van der Waals surface area (Å²) in [4.78, 5) is 17.6. The maximum absolute atomic E-state index is 11.3. The van der Waals surface area contributed by atoms with E-state index < -0.39 is 0 Å². The molecule has 0 amide bonds. The second-order valence-corrected chi connectivity index (χ2v) is 7.01. The molecule has 9 heteroatoms. The van der Waals surface area contributed by atoms with Crippen LogP contribution in [0.3, 0.4) is 0 Å². The van der Waals surface area contributed by atoms with E-state index in [9.17, 15) is 4.79 Å². The van der Waals surface area contributed by atoms with E-state index in [-0.39, 0.29) is 5.25 Å². The van der Waals surface area contributed by atoms with Crippen LogP contribution < -0.4 is 0 Å². The molecular weight excluding hydrogens is 320 g/mol. The average molecular weight is 338 g/mol. The van der Waals surface area contributed by atoms with Gasteiger partial charge in [-0.2, -0.15) is 0 Å². The van der Waals surface area contributed by atoms with Crippen molar-refractivity contribution < 1.29 is 4.79 Å². The van der Waals surface area contributed by atoms with Crippen LogP contribution in [0.4, 0.5) is 0 Å². The Labute approximate surface area is 137 Å². The zero-order valence-electron chi connectivity index (χ0n) is 12.5. The van der Waals surface area contributed by atoms with Gasteiger partial charge < -0.3 is 9.69 Å². The molecule has 0 aliphatic rings. The van der Waals surface area contributed by atoms with Gasteiger partial charge in [0.2, 0.25) is 5.16 Å². The van der Waals surface area contributed by atoms with Gasteiger partial charge in [-0.15, -0.1) is 16.9 Å². The average Bonchev–Trinajstić information content (AvgIpc) is 2.97. The van der Waals surface area contributed by atoms with Crippen LogP contribution in [0.1, 0.15) is 0 Å². The van der Waals surface area contributed by atoms with Gasteiger partial charge in [0, 0.05) is 18.5 Å². The molecule has 0 N–H and O–H groups in total. The molecule has 0 spiro atoms. The third-order valence-corrected chi connectivity index (χ3v) is 5.06. The summed E-state index contributed by atoms with van der Waals surface area (Å²) in [6, 6.07) is 5.73. The minimum Gasteiger partial charge on any atom is -0.308 e. The number of hydrogen-bond donors (Lipinski definition) is 0. The summed E-state index contributed by atoms with van der Waals surface area (Å²) in [6.45, 7) is 1.54. The normalized spacial score (nSPS) is 12.5. The number of likely N-dealkylation sites (N-methyl/N-ethyl adjacent to an activating group) is 1. The predicted molar refractivity (Wildman–Crippen MR) is 87.0 cm³/mol. The van der Waals surface area contributed by atoms with Crippen LogP contribution in [0.2, 0.25) is 0 Å².